The van der Waals surface area contributed by atoms with Crippen molar-refractivity contribution in [2.75, 3.05) is 29.5 Å². The van der Waals surface area contributed by atoms with Gasteiger partial charge in [-0.1, -0.05) is 6.92 Å². The lowest BCUT2D eigenvalue weighted by molar-refractivity contribution is 0.436. The van der Waals surface area contributed by atoms with Gasteiger partial charge in [0, 0.05) is 19.2 Å². The average molecular weight is 270 g/mol. The number of nitrogens with zero attached hydrogens (tertiary/aromatic N) is 2. The fraction of sp³-hybridized carbons (Fsp3) is 0.545. The second-order valence-corrected chi connectivity index (χ2v) is 4.55. The first kappa shape index (κ1) is 14.4. The van der Waals surface area contributed by atoms with Crippen molar-refractivity contribution in [3.05, 3.63) is 12.3 Å². The highest BCUT2D eigenvalue weighted by Crippen LogP contribution is 2.24. The monoisotopic (exact) mass is 270 g/mol. The molecule has 2 rings (SSSR count). The summed E-state index contributed by atoms with van der Waals surface area (Å²) >= 11 is -0.750. The molecule has 1 saturated heterocycles. The number of rotatable bonds is 1. The van der Waals surface area contributed by atoms with E-state index in [0.29, 0.717) is 11.4 Å². The van der Waals surface area contributed by atoms with Crippen LogP contribution in [0.25, 0.3) is 0 Å². The molecule has 0 atom stereocenters. The van der Waals surface area contributed by atoms with E-state index in [4.69, 9.17) is 19.9 Å². The van der Waals surface area contributed by atoms with Crippen LogP contribution in [0.1, 0.15) is 19.8 Å². The van der Waals surface area contributed by atoms with Gasteiger partial charge in [-0.05, 0) is 18.8 Å². The van der Waals surface area contributed by atoms with Crippen LogP contribution in [0.5, 0.6) is 0 Å². The number of hydrogen-bond acceptors (Lipinski definition) is 6. The van der Waals surface area contributed by atoms with E-state index in [0.717, 1.165) is 24.8 Å². The van der Waals surface area contributed by atoms with Crippen molar-refractivity contribution in [3.63, 3.8) is 0 Å². The van der Waals surface area contributed by atoms with Crippen molar-refractivity contribution < 1.29 is 8.42 Å². The molecule has 6 nitrogen and oxygen atoms in total. The second-order valence-electron chi connectivity index (χ2n) is 4.41. The predicted molar refractivity (Wildman–Crippen MR) is 72.6 cm³/mol. The molecule has 1 fully saturated rings. The van der Waals surface area contributed by atoms with E-state index in [9.17, 15) is 0 Å². The Bertz CT molecular complexity index is 427. The summed E-state index contributed by atoms with van der Waals surface area (Å²) in [5, 5.41) is 0. The van der Waals surface area contributed by atoms with E-state index >= 15 is 0 Å². The second kappa shape index (κ2) is 6.95. The lowest BCUT2D eigenvalue weighted by atomic mass is 9.99. The molecule has 2 heterocycles. The van der Waals surface area contributed by atoms with Gasteiger partial charge in [0.05, 0.1) is 17.6 Å². The van der Waals surface area contributed by atoms with Crippen molar-refractivity contribution in [1.82, 2.24) is 4.98 Å². The van der Waals surface area contributed by atoms with Gasteiger partial charge in [-0.3, -0.25) is 0 Å². The maximum atomic E-state index is 8.29. The van der Waals surface area contributed by atoms with Crippen molar-refractivity contribution in [2.24, 2.45) is 5.92 Å². The molecule has 0 spiro atoms. The number of pyridine rings is 1. The summed E-state index contributed by atoms with van der Waals surface area (Å²) in [6, 6.07) is 1.87. The molecule has 100 valence electrons. The van der Waals surface area contributed by atoms with E-state index < -0.39 is 11.6 Å². The van der Waals surface area contributed by atoms with Crippen molar-refractivity contribution in [1.29, 1.82) is 0 Å². The molecular weight excluding hydrogens is 252 g/mol. The van der Waals surface area contributed by atoms with Gasteiger partial charge in [-0.2, -0.15) is 8.42 Å². The Morgan fingerprint density at radius 3 is 2.33 bits per heavy atom. The fourth-order valence-corrected chi connectivity index (χ4v) is 1.88. The highest BCUT2D eigenvalue weighted by atomic mass is 32.1. The smallest absolute Gasteiger partial charge is 0.335 e. The van der Waals surface area contributed by atoms with Gasteiger partial charge in [0.2, 0.25) is 0 Å². The third-order valence-corrected chi connectivity index (χ3v) is 3.06. The number of nitrogen functional groups attached to an aromatic ring is 2. The maximum Gasteiger partial charge on any atom is 0.335 e. The van der Waals surface area contributed by atoms with Gasteiger partial charge in [-0.25, -0.2) is 4.98 Å². The summed E-state index contributed by atoms with van der Waals surface area (Å²) in [5.74, 6) is 1.78. The van der Waals surface area contributed by atoms with E-state index in [2.05, 4.69) is 16.8 Å². The summed E-state index contributed by atoms with van der Waals surface area (Å²) in [6.45, 7) is 4.43. The third-order valence-electron chi connectivity index (χ3n) is 3.06. The number of nitrogens with two attached hydrogens (primary N) is 2. The summed E-state index contributed by atoms with van der Waals surface area (Å²) in [7, 11) is 0. The highest BCUT2D eigenvalue weighted by Gasteiger charge is 2.17. The lowest BCUT2D eigenvalue weighted by Crippen LogP contribution is -2.33. The summed E-state index contributed by atoms with van der Waals surface area (Å²) in [5.41, 5.74) is 12.6. The zero-order valence-corrected chi connectivity index (χ0v) is 11.2. The Kier molecular flexibility index (Phi) is 5.57. The van der Waals surface area contributed by atoms with Crippen LogP contribution in [0.15, 0.2) is 12.3 Å². The van der Waals surface area contributed by atoms with Gasteiger partial charge >= 0.3 is 11.6 Å². The van der Waals surface area contributed by atoms with Gasteiger partial charge < -0.3 is 16.4 Å². The molecule has 1 aromatic rings. The Labute approximate surface area is 110 Å². The summed E-state index contributed by atoms with van der Waals surface area (Å²) in [6.07, 6.45) is 4.10. The van der Waals surface area contributed by atoms with E-state index in [1.165, 1.54) is 12.8 Å². The lowest BCUT2D eigenvalue weighted by Gasteiger charge is -2.31. The van der Waals surface area contributed by atoms with Crippen LogP contribution in [0.2, 0.25) is 0 Å². The number of hydrogen-bond donors (Lipinski definition) is 2. The first-order chi connectivity index (χ1) is 8.58. The van der Waals surface area contributed by atoms with Gasteiger partial charge in [0.1, 0.15) is 5.82 Å². The highest BCUT2D eigenvalue weighted by molar-refractivity contribution is 7.51. The van der Waals surface area contributed by atoms with Crippen LogP contribution in [0, 0.1) is 5.92 Å². The first-order valence-corrected chi connectivity index (χ1v) is 6.43. The quantitative estimate of drug-likeness (QED) is 0.783. The van der Waals surface area contributed by atoms with Gasteiger partial charge in [-0.15, -0.1) is 0 Å². The SMILES string of the molecule is CC1CCN(c2cc(N)c(N)cn2)CC1.O=S=O. The standard InChI is InChI=1S/C11H18N4.O2S/c1-8-2-4-15(5-3-8)11-6-9(12)10(13)7-14-11;1-3-2/h6-8H,2-5,13H2,1H3,(H2,12,14);. The van der Waals surface area contributed by atoms with Crippen molar-refractivity contribution in [3.8, 4) is 0 Å². The summed E-state index contributed by atoms with van der Waals surface area (Å²) < 4.78 is 16.6. The van der Waals surface area contributed by atoms with Crippen LogP contribution in [0.4, 0.5) is 17.2 Å². The topological polar surface area (TPSA) is 102 Å². The minimum Gasteiger partial charge on any atom is -0.397 e. The molecule has 0 radical (unpaired) electrons. The minimum atomic E-state index is -0.750. The van der Waals surface area contributed by atoms with Gasteiger partial charge in [0.15, 0.2) is 0 Å². The Hall–Kier alpha value is -1.63. The molecule has 1 aromatic heterocycles. The molecule has 0 saturated carbocycles. The van der Waals surface area contributed by atoms with Crippen LogP contribution in [-0.2, 0) is 11.6 Å². The molecular formula is C11H18N4O2S. The van der Waals surface area contributed by atoms with E-state index in [1.807, 2.05) is 6.07 Å². The van der Waals surface area contributed by atoms with Crippen LogP contribution >= 0.6 is 0 Å². The van der Waals surface area contributed by atoms with E-state index in [1.54, 1.807) is 6.20 Å². The van der Waals surface area contributed by atoms with E-state index in [-0.39, 0.29) is 0 Å². The largest absolute Gasteiger partial charge is 0.397 e. The number of aromatic nitrogens is 1. The Morgan fingerprint density at radius 2 is 1.83 bits per heavy atom. The average Bonchev–Trinajstić information content (AvgIpc) is 2.35. The molecule has 0 aromatic carbocycles. The molecule has 7 heteroatoms. The Morgan fingerprint density at radius 1 is 1.28 bits per heavy atom. The maximum absolute atomic E-state index is 8.29. The molecule has 1 aliphatic rings. The fourth-order valence-electron chi connectivity index (χ4n) is 1.88. The van der Waals surface area contributed by atoms with Gasteiger partial charge in [0.25, 0.3) is 0 Å². The zero-order chi connectivity index (χ0) is 13.5. The Balaban J connectivity index is 0.000000492. The van der Waals surface area contributed by atoms with Crippen LogP contribution in [0.3, 0.4) is 0 Å². The first-order valence-electron chi connectivity index (χ1n) is 5.76. The molecule has 0 amide bonds. The zero-order valence-electron chi connectivity index (χ0n) is 10.3. The third kappa shape index (κ3) is 3.99. The normalized spacial score (nSPS) is 15.7. The molecule has 0 unspecified atom stereocenters. The molecule has 0 aliphatic carbocycles. The predicted octanol–water partition coefficient (Wildman–Crippen LogP) is 0.812. The van der Waals surface area contributed by atoms with Crippen LogP contribution < -0.4 is 16.4 Å². The van der Waals surface area contributed by atoms with Crippen molar-refractivity contribution >= 4 is 28.8 Å². The molecule has 0 bridgehead atoms. The minimum absolute atomic E-state index is 0.559. The number of piperidine rings is 1. The molecule has 4 N–H and O–H groups in total. The number of anilines is 3. The van der Waals surface area contributed by atoms with Crippen molar-refractivity contribution in [2.45, 2.75) is 19.8 Å². The molecule has 18 heavy (non-hydrogen) atoms. The molecule has 1 aliphatic heterocycles. The summed E-state index contributed by atoms with van der Waals surface area (Å²) in [4.78, 5) is 6.58. The van der Waals surface area contributed by atoms with Crippen LogP contribution in [-0.4, -0.2) is 26.5 Å².